The van der Waals surface area contributed by atoms with E-state index in [1.165, 1.54) is 0 Å². The van der Waals surface area contributed by atoms with Crippen LogP contribution in [0, 0.1) is 5.92 Å². The second-order valence-corrected chi connectivity index (χ2v) is 2.93. The molecule has 0 radical (unpaired) electrons. The molecule has 0 saturated carbocycles. The summed E-state index contributed by atoms with van der Waals surface area (Å²) in [6.45, 7) is 4.21. The SMILES string of the molecule is CC1CC(=O)N(C)C1C. The average molecular weight is 127 g/mol. The van der Waals surface area contributed by atoms with Crippen LogP contribution in [0.2, 0.25) is 0 Å². The molecule has 0 aromatic heterocycles. The van der Waals surface area contributed by atoms with Crippen LogP contribution in [0.15, 0.2) is 0 Å². The van der Waals surface area contributed by atoms with Gasteiger partial charge in [0.15, 0.2) is 0 Å². The topological polar surface area (TPSA) is 20.3 Å². The van der Waals surface area contributed by atoms with Crippen molar-refractivity contribution >= 4 is 5.91 Å². The van der Waals surface area contributed by atoms with Gasteiger partial charge < -0.3 is 4.90 Å². The molecular weight excluding hydrogens is 114 g/mol. The van der Waals surface area contributed by atoms with Crippen LogP contribution in [0.25, 0.3) is 0 Å². The van der Waals surface area contributed by atoms with E-state index in [2.05, 4.69) is 13.8 Å². The van der Waals surface area contributed by atoms with E-state index >= 15 is 0 Å². The van der Waals surface area contributed by atoms with E-state index in [-0.39, 0.29) is 5.91 Å². The van der Waals surface area contributed by atoms with Crippen molar-refractivity contribution in [3.05, 3.63) is 0 Å². The summed E-state index contributed by atoms with van der Waals surface area (Å²) < 4.78 is 0. The van der Waals surface area contributed by atoms with Crippen molar-refractivity contribution in [2.75, 3.05) is 7.05 Å². The summed E-state index contributed by atoms with van der Waals surface area (Å²) in [6.07, 6.45) is 0.734. The van der Waals surface area contributed by atoms with Crippen molar-refractivity contribution in [1.82, 2.24) is 4.90 Å². The Labute approximate surface area is 55.8 Å². The molecule has 1 saturated heterocycles. The van der Waals surface area contributed by atoms with Crippen molar-refractivity contribution in [1.29, 1.82) is 0 Å². The molecule has 1 rings (SSSR count). The fourth-order valence-corrected chi connectivity index (χ4v) is 1.20. The first-order chi connectivity index (χ1) is 4.13. The maximum atomic E-state index is 10.9. The Morgan fingerprint density at radius 3 is 2.22 bits per heavy atom. The lowest BCUT2D eigenvalue weighted by molar-refractivity contribution is -0.127. The van der Waals surface area contributed by atoms with Crippen molar-refractivity contribution in [2.45, 2.75) is 26.3 Å². The number of carbonyl (C=O) groups excluding carboxylic acids is 1. The normalized spacial score (nSPS) is 35.9. The predicted molar refractivity (Wildman–Crippen MR) is 36.0 cm³/mol. The van der Waals surface area contributed by atoms with Crippen LogP contribution in [-0.4, -0.2) is 23.9 Å². The standard InChI is InChI=1S/C7H13NO/c1-5-4-7(9)8(3)6(5)2/h5-6H,4H2,1-3H3. The highest BCUT2D eigenvalue weighted by atomic mass is 16.2. The van der Waals surface area contributed by atoms with Crippen molar-refractivity contribution < 1.29 is 4.79 Å². The summed E-state index contributed by atoms with van der Waals surface area (Å²) in [5, 5.41) is 0. The summed E-state index contributed by atoms with van der Waals surface area (Å²) in [5.74, 6) is 0.831. The van der Waals surface area contributed by atoms with E-state index in [1.54, 1.807) is 0 Å². The highest BCUT2D eigenvalue weighted by molar-refractivity contribution is 5.78. The van der Waals surface area contributed by atoms with Gasteiger partial charge >= 0.3 is 0 Å². The van der Waals surface area contributed by atoms with Gasteiger partial charge in [0.25, 0.3) is 0 Å². The van der Waals surface area contributed by atoms with E-state index in [1.807, 2.05) is 11.9 Å². The number of nitrogens with zero attached hydrogens (tertiary/aromatic N) is 1. The maximum absolute atomic E-state index is 10.9. The van der Waals surface area contributed by atoms with E-state index in [0.29, 0.717) is 12.0 Å². The zero-order valence-electron chi connectivity index (χ0n) is 6.22. The van der Waals surface area contributed by atoms with Crippen LogP contribution >= 0.6 is 0 Å². The fraction of sp³-hybridized carbons (Fsp3) is 0.857. The lowest BCUT2D eigenvalue weighted by atomic mass is 10.1. The number of hydrogen-bond donors (Lipinski definition) is 0. The maximum Gasteiger partial charge on any atom is 0.222 e. The Bertz CT molecular complexity index is 133. The summed E-state index contributed by atoms with van der Waals surface area (Å²) in [7, 11) is 1.87. The first kappa shape index (κ1) is 6.59. The Morgan fingerprint density at radius 2 is 2.11 bits per heavy atom. The van der Waals surface area contributed by atoms with Crippen molar-refractivity contribution in [3.8, 4) is 0 Å². The lowest BCUT2D eigenvalue weighted by Crippen LogP contribution is -2.27. The van der Waals surface area contributed by atoms with Crippen LogP contribution in [0.5, 0.6) is 0 Å². The molecule has 0 N–H and O–H groups in total. The third kappa shape index (κ3) is 0.934. The number of amides is 1. The molecule has 0 bridgehead atoms. The summed E-state index contributed by atoms with van der Waals surface area (Å²) in [6, 6.07) is 0.442. The van der Waals surface area contributed by atoms with Crippen molar-refractivity contribution in [3.63, 3.8) is 0 Å². The smallest absolute Gasteiger partial charge is 0.222 e. The van der Waals surface area contributed by atoms with Crippen molar-refractivity contribution in [2.24, 2.45) is 5.92 Å². The number of hydrogen-bond acceptors (Lipinski definition) is 1. The van der Waals surface area contributed by atoms with Gasteiger partial charge in [-0.2, -0.15) is 0 Å². The van der Waals surface area contributed by atoms with Gasteiger partial charge in [0, 0.05) is 19.5 Å². The largest absolute Gasteiger partial charge is 0.343 e. The zero-order valence-corrected chi connectivity index (χ0v) is 6.22. The van der Waals surface area contributed by atoms with Gasteiger partial charge in [0.1, 0.15) is 0 Å². The quantitative estimate of drug-likeness (QED) is 0.473. The van der Waals surface area contributed by atoms with Crippen LogP contribution in [0.3, 0.4) is 0 Å². The molecule has 1 fully saturated rings. The van der Waals surface area contributed by atoms with Gasteiger partial charge in [-0.1, -0.05) is 6.92 Å². The molecule has 9 heavy (non-hydrogen) atoms. The molecule has 0 aliphatic carbocycles. The molecule has 1 aliphatic heterocycles. The van der Waals surface area contributed by atoms with Crippen LogP contribution in [-0.2, 0) is 4.79 Å². The Hall–Kier alpha value is -0.530. The number of rotatable bonds is 0. The Balaban J connectivity index is 2.65. The average Bonchev–Trinajstić information content (AvgIpc) is 1.98. The number of likely N-dealkylation sites (tertiary alicyclic amines) is 1. The van der Waals surface area contributed by atoms with E-state index in [4.69, 9.17) is 0 Å². The molecule has 0 aromatic carbocycles. The molecule has 0 spiro atoms. The Morgan fingerprint density at radius 1 is 1.56 bits per heavy atom. The second-order valence-electron chi connectivity index (χ2n) is 2.93. The van der Waals surface area contributed by atoms with Gasteiger partial charge in [-0.15, -0.1) is 0 Å². The minimum Gasteiger partial charge on any atom is -0.343 e. The summed E-state index contributed by atoms with van der Waals surface area (Å²) in [5.41, 5.74) is 0. The number of carbonyl (C=O) groups is 1. The summed E-state index contributed by atoms with van der Waals surface area (Å²) in [4.78, 5) is 12.7. The van der Waals surface area contributed by atoms with E-state index in [0.717, 1.165) is 6.42 Å². The molecule has 2 heteroatoms. The van der Waals surface area contributed by atoms with Crippen LogP contribution < -0.4 is 0 Å². The van der Waals surface area contributed by atoms with Gasteiger partial charge in [-0.25, -0.2) is 0 Å². The molecule has 0 aromatic rings. The molecule has 52 valence electrons. The minimum atomic E-state index is 0.287. The highest BCUT2D eigenvalue weighted by Crippen LogP contribution is 2.22. The molecule has 2 unspecified atom stereocenters. The fourth-order valence-electron chi connectivity index (χ4n) is 1.20. The second kappa shape index (κ2) is 2.01. The molecule has 1 aliphatic rings. The van der Waals surface area contributed by atoms with E-state index in [9.17, 15) is 4.79 Å². The zero-order chi connectivity index (χ0) is 7.02. The van der Waals surface area contributed by atoms with Crippen LogP contribution in [0.4, 0.5) is 0 Å². The third-order valence-corrected chi connectivity index (χ3v) is 2.32. The van der Waals surface area contributed by atoms with Gasteiger partial charge in [0.05, 0.1) is 0 Å². The Kier molecular flexibility index (Phi) is 1.47. The molecule has 2 nitrogen and oxygen atoms in total. The minimum absolute atomic E-state index is 0.287. The monoisotopic (exact) mass is 127 g/mol. The highest BCUT2D eigenvalue weighted by Gasteiger charge is 2.30. The van der Waals surface area contributed by atoms with Crippen LogP contribution in [0.1, 0.15) is 20.3 Å². The van der Waals surface area contributed by atoms with E-state index < -0.39 is 0 Å². The molecule has 1 amide bonds. The summed E-state index contributed by atoms with van der Waals surface area (Å²) >= 11 is 0. The molecule has 1 heterocycles. The van der Waals surface area contributed by atoms with Gasteiger partial charge in [-0.3, -0.25) is 4.79 Å². The molecular formula is C7H13NO. The predicted octanol–water partition coefficient (Wildman–Crippen LogP) is 0.873. The van der Waals surface area contributed by atoms with Gasteiger partial charge in [-0.05, 0) is 12.8 Å². The first-order valence-electron chi connectivity index (χ1n) is 3.38. The lowest BCUT2D eigenvalue weighted by Gasteiger charge is -2.16. The third-order valence-electron chi connectivity index (χ3n) is 2.32. The first-order valence-corrected chi connectivity index (χ1v) is 3.38. The van der Waals surface area contributed by atoms with Gasteiger partial charge in [0.2, 0.25) is 5.91 Å². The molecule has 2 atom stereocenters.